The Morgan fingerprint density at radius 3 is 2.05 bits per heavy atom. The molecule has 0 aliphatic carbocycles. The Kier molecular flexibility index (Phi) is 3.57. The van der Waals surface area contributed by atoms with Gasteiger partial charge in [-0.05, 0) is 30.3 Å². The predicted molar refractivity (Wildman–Crippen MR) is 61.2 cm³/mol. The molecule has 6 heteroatoms. The summed E-state index contributed by atoms with van der Waals surface area (Å²) in [5.74, 6) is -6.12. The van der Waals surface area contributed by atoms with Crippen molar-refractivity contribution in [1.82, 2.24) is 0 Å². The number of hydrogen-bond donors (Lipinski definition) is 0. The first-order valence-electron chi connectivity index (χ1n) is 5.04. The highest BCUT2D eigenvalue weighted by atomic mass is 35.5. The van der Waals surface area contributed by atoms with Gasteiger partial charge in [0.15, 0.2) is 23.2 Å². The van der Waals surface area contributed by atoms with Crippen LogP contribution in [0.4, 0.5) is 17.6 Å². The van der Waals surface area contributed by atoms with E-state index in [1.54, 1.807) is 0 Å². The molecule has 0 aliphatic heterocycles. The molecule has 0 amide bonds. The molecule has 1 nitrogen and oxygen atoms in total. The van der Waals surface area contributed by atoms with Crippen molar-refractivity contribution >= 4 is 17.4 Å². The van der Waals surface area contributed by atoms with Crippen LogP contribution in [0.5, 0.6) is 0 Å². The Balaban J connectivity index is 2.50. The van der Waals surface area contributed by atoms with Crippen LogP contribution >= 0.6 is 11.6 Å². The zero-order chi connectivity index (χ0) is 14.2. The molecule has 98 valence electrons. The normalized spacial score (nSPS) is 10.6. The summed E-state index contributed by atoms with van der Waals surface area (Å²) in [5.41, 5.74) is -0.543. The minimum Gasteiger partial charge on any atom is -0.289 e. The second kappa shape index (κ2) is 5.01. The molecule has 0 atom stereocenters. The fraction of sp³-hybridized carbons (Fsp3) is 0. The Hall–Kier alpha value is -1.88. The van der Waals surface area contributed by atoms with Crippen molar-refractivity contribution < 1.29 is 22.4 Å². The average Bonchev–Trinajstić information content (AvgIpc) is 2.34. The monoisotopic (exact) mass is 288 g/mol. The van der Waals surface area contributed by atoms with Gasteiger partial charge in [0.25, 0.3) is 0 Å². The summed E-state index contributed by atoms with van der Waals surface area (Å²) < 4.78 is 51.6. The van der Waals surface area contributed by atoms with Gasteiger partial charge in [-0.3, -0.25) is 4.79 Å². The molecule has 0 heterocycles. The molecule has 0 spiro atoms. The maximum Gasteiger partial charge on any atom is 0.194 e. The van der Waals surface area contributed by atoms with Crippen LogP contribution in [-0.2, 0) is 0 Å². The molecule has 0 unspecified atom stereocenters. The minimum absolute atomic E-state index is 0.131. The second-order valence-electron chi connectivity index (χ2n) is 3.71. The summed E-state index contributed by atoms with van der Waals surface area (Å²) in [4.78, 5) is 11.9. The SMILES string of the molecule is O=C(c1cc(F)c(F)c(F)c1)c1ccc(F)cc1Cl. The third kappa shape index (κ3) is 2.61. The topological polar surface area (TPSA) is 17.1 Å². The first-order valence-corrected chi connectivity index (χ1v) is 5.42. The molecule has 2 rings (SSSR count). The maximum absolute atomic E-state index is 13.0. The van der Waals surface area contributed by atoms with Gasteiger partial charge in [-0.25, -0.2) is 17.6 Å². The standard InChI is InChI=1S/C13H5ClF4O/c14-9-5-7(15)1-2-8(9)13(19)6-3-10(16)12(18)11(17)4-6/h1-5H. The van der Waals surface area contributed by atoms with Crippen LogP contribution in [0.3, 0.4) is 0 Å². The van der Waals surface area contributed by atoms with Crippen molar-refractivity contribution in [2.24, 2.45) is 0 Å². The van der Waals surface area contributed by atoms with Crippen LogP contribution in [0.15, 0.2) is 30.3 Å². The van der Waals surface area contributed by atoms with Crippen molar-refractivity contribution in [2.45, 2.75) is 0 Å². The highest BCUT2D eigenvalue weighted by Gasteiger charge is 2.18. The van der Waals surface area contributed by atoms with E-state index in [9.17, 15) is 22.4 Å². The molecule has 19 heavy (non-hydrogen) atoms. The Labute approximate surface area is 110 Å². The van der Waals surface area contributed by atoms with Crippen molar-refractivity contribution in [2.75, 3.05) is 0 Å². The van der Waals surface area contributed by atoms with Gasteiger partial charge in [0.1, 0.15) is 5.82 Å². The van der Waals surface area contributed by atoms with Crippen LogP contribution in [0, 0.1) is 23.3 Å². The van der Waals surface area contributed by atoms with Gasteiger partial charge in [-0.2, -0.15) is 0 Å². The highest BCUT2D eigenvalue weighted by molar-refractivity contribution is 6.35. The molecule has 0 bridgehead atoms. The van der Waals surface area contributed by atoms with E-state index in [0.29, 0.717) is 12.1 Å². The number of halogens is 5. The van der Waals surface area contributed by atoms with E-state index in [4.69, 9.17) is 11.6 Å². The molecule has 2 aromatic carbocycles. The number of carbonyl (C=O) groups is 1. The van der Waals surface area contributed by atoms with Crippen LogP contribution in [0.25, 0.3) is 0 Å². The van der Waals surface area contributed by atoms with Gasteiger partial charge in [0, 0.05) is 11.1 Å². The largest absolute Gasteiger partial charge is 0.289 e. The van der Waals surface area contributed by atoms with Crippen molar-refractivity contribution in [3.8, 4) is 0 Å². The number of benzene rings is 2. The molecular weight excluding hydrogens is 284 g/mol. The summed E-state index contributed by atoms with van der Waals surface area (Å²) in [6.45, 7) is 0. The van der Waals surface area contributed by atoms with Gasteiger partial charge >= 0.3 is 0 Å². The van der Waals surface area contributed by atoms with E-state index in [0.717, 1.165) is 18.2 Å². The van der Waals surface area contributed by atoms with Crippen LogP contribution in [-0.4, -0.2) is 5.78 Å². The first kappa shape index (κ1) is 13.5. The lowest BCUT2D eigenvalue weighted by atomic mass is 10.0. The molecule has 0 aliphatic rings. The predicted octanol–water partition coefficient (Wildman–Crippen LogP) is 4.13. The second-order valence-corrected chi connectivity index (χ2v) is 4.11. The molecule has 0 fully saturated rings. The zero-order valence-corrected chi connectivity index (χ0v) is 9.94. The van der Waals surface area contributed by atoms with Gasteiger partial charge in [0.05, 0.1) is 5.02 Å². The van der Waals surface area contributed by atoms with E-state index < -0.39 is 34.6 Å². The van der Waals surface area contributed by atoms with Crippen molar-refractivity contribution in [3.05, 3.63) is 69.8 Å². The smallest absolute Gasteiger partial charge is 0.194 e. The number of rotatable bonds is 2. The molecule has 0 saturated heterocycles. The van der Waals surface area contributed by atoms with Crippen LogP contribution < -0.4 is 0 Å². The Bertz CT molecular complexity index is 647. The van der Waals surface area contributed by atoms with Crippen molar-refractivity contribution in [1.29, 1.82) is 0 Å². The number of ketones is 1. The van der Waals surface area contributed by atoms with Gasteiger partial charge in [0.2, 0.25) is 0 Å². The fourth-order valence-electron chi connectivity index (χ4n) is 1.52. The summed E-state index contributed by atoms with van der Waals surface area (Å²) >= 11 is 5.66. The molecule has 0 radical (unpaired) electrons. The summed E-state index contributed by atoms with van der Waals surface area (Å²) in [6.07, 6.45) is 0. The minimum atomic E-state index is -1.67. The average molecular weight is 289 g/mol. The molecule has 0 saturated carbocycles. The number of hydrogen-bond acceptors (Lipinski definition) is 1. The highest BCUT2D eigenvalue weighted by Crippen LogP contribution is 2.22. The lowest BCUT2D eigenvalue weighted by Gasteiger charge is -2.05. The third-order valence-corrected chi connectivity index (χ3v) is 2.73. The number of carbonyl (C=O) groups excluding carboxylic acids is 1. The molecular formula is C13H5ClF4O. The lowest BCUT2D eigenvalue weighted by Crippen LogP contribution is -2.05. The van der Waals surface area contributed by atoms with Crippen LogP contribution in [0.1, 0.15) is 15.9 Å². The third-order valence-electron chi connectivity index (χ3n) is 2.42. The summed E-state index contributed by atoms with van der Waals surface area (Å²) in [5, 5.41) is -0.199. The molecule has 0 aromatic heterocycles. The fourth-order valence-corrected chi connectivity index (χ4v) is 1.77. The first-order chi connectivity index (χ1) is 8.90. The van der Waals surface area contributed by atoms with Gasteiger partial charge in [-0.15, -0.1) is 0 Å². The van der Waals surface area contributed by atoms with E-state index in [1.165, 1.54) is 0 Å². The Morgan fingerprint density at radius 2 is 1.53 bits per heavy atom. The summed E-state index contributed by atoms with van der Waals surface area (Å²) in [7, 11) is 0. The lowest BCUT2D eigenvalue weighted by molar-refractivity contribution is 0.103. The quantitative estimate of drug-likeness (QED) is 0.461. The van der Waals surface area contributed by atoms with E-state index in [2.05, 4.69) is 0 Å². The zero-order valence-electron chi connectivity index (χ0n) is 9.18. The maximum atomic E-state index is 13.0. The van der Waals surface area contributed by atoms with E-state index >= 15 is 0 Å². The van der Waals surface area contributed by atoms with Gasteiger partial charge < -0.3 is 0 Å². The molecule has 2 aromatic rings. The summed E-state index contributed by atoms with van der Waals surface area (Å²) in [6, 6.07) is 4.07. The van der Waals surface area contributed by atoms with E-state index in [1.807, 2.05) is 0 Å². The molecule has 0 N–H and O–H groups in total. The van der Waals surface area contributed by atoms with E-state index in [-0.39, 0.29) is 10.6 Å². The van der Waals surface area contributed by atoms with Crippen molar-refractivity contribution in [3.63, 3.8) is 0 Å². The van der Waals surface area contributed by atoms with Crippen LogP contribution in [0.2, 0.25) is 5.02 Å². The Morgan fingerprint density at radius 1 is 0.947 bits per heavy atom. The van der Waals surface area contributed by atoms with Gasteiger partial charge in [-0.1, -0.05) is 11.6 Å².